The van der Waals surface area contributed by atoms with Crippen LogP contribution in [-0.2, 0) is 4.79 Å². The first-order valence-electron chi connectivity index (χ1n) is 10.7. The largest absolute Gasteiger partial charge is 0.497 e. The van der Waals surface area contributed by atoms with Crippen LogP contribution in [0.3, 0.4) is 0 Å². The number of nitrogens with zero attached hydrogens (tertiary/aromatic N) is 1. The zero-order chi connectivity index (χ0) is 20.8. The van der Waals surface area contributed by atoms with Crippen molar-refractivity contribution in [3.05, 3.63) is 54.1 Å². The number of hydrogen-bond acceptors (Lipinski definition) is 3. The van der Waals surface area contributed by atoms with E-state index in [1.165, 1.54) is 16.2 Å². The number of rotatable bonds is 7. The van der Waals surface area contributed by atoms with E-state index in [1.54, 1.807) is 7.11 Å². The van der Waals surface area contributed by atoms with Crippen LogP contribution in [0.2, 0.25) is 0 Å². The number of ether oxygens (including phenoxy) is 1. The summed E-state index contributed by atoms with van der Waals surface area (Å²) in [7, 11) is 1.69. The van der Waals surface area contributed by atoms with Gasteiger partial charge in [0, 0.05) is 11.4 Å². The van der Waals surface area contributed by atoms with E-state index in [9.17, 15) is 4.79 Å². The molecule has 1 heterocycles. The first-order chi connectivity index (χ1) is 14.0. The second-order valence-corrected chi connectivity index (χ2v) is 7.95. The maximum atomic E-state index is 12.9. The smallest absolute Gasteiger partial charge is 0.282 e. The Labute approximate surface area is 174 Å². The van der Waals surface area contributed by atoms with Crippen molar-refractivity contribution in [1.82, 2.24) is 0 Å². The number of benzene rings is 2. The van der Waals surface area contributed by atoms with Crippen LogP contribution in [0.25, 0.3) is 0 Å². The summed E-state index contributed by atoms with van der Waals surface area (Å²) in [6.07, 6.45) is 1.06. The molecule has 0 saturated carbocycles. The van der Waals surface area contributed by atoms with Crippen molar-refractivity contribution in [2.45, 2.75) is 39.2 Å². The lowest BCUT2D eigenvalue weighted by molar-refractivity contribution is -0.914. The van der Waals surface area contributed by atoms with E-state index in [-0.39, 0.29) is 11.9 Å². The average Bonchev–Trinajstić information content (AvgIpc) is 2.78. The maximum Gasteiger partial charge on any atom is 0.282 e. The van der Waals surface area contributed by atoms with Crippen LogP contribution < -0.4 is 19.9 Å². The fourth-order valence-electron chi connectivity index (χ4n) is 3.97. The van der Waals surface area contributed by atoms with Gasteiger partial charge in [-0.15, -0.1) is 0 Å². The minimum Gasteiger partial charge on any atom is -0.497 e. The van der Waals surface area contributed by atoms with Crippen LogP contribution in [0.15, 0.2) is 48.5 Å². The Bertz CT molecular complexity index is 798. The Morgan fingerprint density at radius 1 is 1.10 bits per heavy atom. The van der Waals surface area contributed by atoms with E-state index < -0.39 is 0 Å². The molecule has 1 aliphatic heterocycles. The SMILES string of the molecule is CC[C@H](C)c1ccccc1NC(=O)[C@H](C)[NH+]1CCN(c2ccc(OC)cc2)CC1. The molecule has 1 saturated heterocycles. The van der Waals surface area contributed by atoms with Gasteiger partial charge in [-0.05, 0) is 55.2 Å². The van der Waals surface area contributed by atoms with Gasteiger partial charge in [0.25, 0.3) is 5.91 Å². The molecule has 2 aromatic carbocycles. The van der Waals surface area contributed by atoms with Gasteiger partial charge in [0.2, 0.25) is 0 Å². The van der Waals surface area contributed by atoms with Crippen molar-refractivity contribution in [1.29, 1.82) is 0 Å². The molecule has 1 fully saturated rings. The third-order valence-electron chi connectivity index (χ3n) is 6.21. The van der Waals surface area contributed by atoms with Gasteiger partial charge >= 0.3 is 0 Å². The number of piperazine rings is 1. The van der Waals surface area contributed by atoms with E-state index in [0.717, 1.165) is 44.0 Å². The second kappa shape index (κ2) is 9.79. The lowest BCUT2D eigenvalue weighted by Gasteiger charge is -2.36. The highest BCUT2D eigenvalue weighted by Crippen LogP contribution is 2.26. The normalized spacial score (nSPS) is 16.9. The van der Waals surface area contributed by atoms with E-state index in [2.05, 4.69) is 42.3 Å². The highest BCUT2D eigenvalue weighted by Gasteiger charge is 2.29. The van der Waals surface area contributed by atoms with Crippen LogP contribution in [0.4, 0.5) is 11.4 Å². The van der Waals surface area contributed by atoms with Gasteiger partial charge in [0.15, 0.2) is 6.04 Å². The number of quaternary nitrogens is 1. The van der Waals surface area contributed by atoms with Gasteiger partial charge in [-0.25, -0.2) is 0 Å². The molecule has 0 unspecified atom stereocenters. The molecule has 2 aromatic rings. The number of anilines is 2. The summed E-state index contributed by atoms with van der Waals surface area (Å²) in [5, 5.41) is 3.19. The van der Waals surface area contributed by atoms with Crippen molar-refractivity contribution < 1.29 is 14.4 Å². The number of carbonyl (C=O) groups is 1. The fraction of sp³-hybridized carbons (Fsp3) is 0.458. The number of carbonyl (C=O) groups excluding carboxylic acids is 1. The van der Waals surface area contributed by atoms with Crippen LogP contribution in [0.1, 0.15) is 38.7 Å². The summed E-state index contributed by atoms with van der Waals surface area (Å²) in [5.41, 5.74) is 3.38. The van der Waals surface area contributed by atoms with Gasteiger partial charge in [0.1, 0.15) is 5.75 Å². The molecule has 0 aliphatic carbocycles. The van der Waals surface area contributed by atoms with E-state index in [1.807, 2.05) is 37.3 Å². The molecular formula is C24H34N3O2+. The van der Waals surface area contributed by atoms with Crippen molar-refractivity contribution >= 4 is 17.3 Å². The summed E-state index contributed by atoms with van der Waals surface area (Å²) in [4.78, 5) is 16.7. The molecule has 0 bridgehead atoms. The van der Waals surface area contributed by atoms with Gasteiger partial charge < -0.3 is 19.9 Å². The summed E-state index contributed by atoms with van der Waals surface area (Å²) < 4.78 is 5.24. The Morgan fingerprint density at radius 2 is 1.76 bits per heavy atom. The predicted octanol–water partition coefficient (Wildman–Crippen LogP) is 2.94. The first kappa shape index (κ1) is 21.2. The van der Waals surface area contributed by atoms with E-state index in [4.69, 9.17) is 4.74 Å². The van der Waals surface area contributed by atoms with Crippen molar-refractivity contribution in [3.63, 3.8) is 0 Å². The monoisotopic (exact) mass is 396 g/mol. The minimum atomic E-state index is -0.0713. The van der Waals surface area contributed by atoms with Gasteiger partial charge in [-0.1, -0.05) is 32.0 Å². The van der Waals surface area contributed by atoms with E-state index in [0.29, 0.717) is 5.92 Å². The molecule has 1 aliphatic rings. The summed E-state index contributed by atoms with van der Waals surface area (Å²) >= 11 is 0. The summed E-state index contributed by atoms with van der Waals surface area (Å²) in [5.74, 6) is 1.41. The topological polar surface area (TPSA) is 46.0 Å². The molecule has 1 amide bonds. The minimum absolute atomic E-state index is 0.0713. The molecule has 5 heteroatoms. The maximum absolute atomic E-state index is 12.9. The van der Waals surface area contributed by atoms with Crippen molar-refractivity contribution in [3.8, 4) is 5.75 Å². The highest BCUT2D eigenvalue weighted by atomic mass is 16.5. The summed E-state index contributed by atoms with van der Waals surface area (Å²) in [6, 6.07) is 16.3. The van der Waals surface area contributed by atoms with Crippen LogP contribution in [-0.4, -0.2) is 45.2 Å². The standard InChI is InChI=1S/C24H33N3O2/c1-5-18(2)22-8-6-7-9-23(22)25-24(28)19(3)26-14-16-27(17-15-26)20-10-12-21(29-4)13-11-20/h6-13,18-19H,5,14-17H2,1-4H3,(H,25,28)/p+1/t18-,19-/m0/s1. The third kappa shape index (κ3) is 5.10. The van der Waals surface area contributed by atoms with Gasteiger partial charge in [-0.2, -0.15) is 0 Å². The number of methoxy groups -OCH3 is 1. The number of hydrogen-bond donors (Lipinski definition) is 2. The quantitative estimate of drug-likeness (QED) is 0.756. The third-order valence-corrected chi connectivity index (χ3v) is 6.21. The number of amides is 1. The molecule has 2 N–H and O–H groups in total. The number of para-hydroxylation sites is 1. The Kier molecular flexibility index (Phi) is 7.15. The van der Waals surface area contributed by atoms with Crippen LogP contribution >= 0.6 is 0 Å². The van der Waals surface area contributed by atoms with Gasteiger partial charge in [0.05, 0.1) is 33.3 Å². The zero-order valence-corrected chi connectivity index (χ0v) is 18.1. The van der Waals surface area contributed by atoms with Crippen molar-refractivity contribution in [2.75, 3.05) is 43.5 Å². The zero-order valence-electron chi connectivity index (χ0n) is 18.1. The van der Waals surface area contributed by atoms with Crippen molar-refractivity contribution in [2.24, 2.45) is 0 Å². The molecule has 2 atom stereocenters. The Morgan fingerprint density at radius 3 is 2.38 bits per heavy atom. The molecule has 0 aromatic heterocycles. The van der Waals surface area contributed by atoms with E-state index >= 15 is 0 Å². The molecule has 5 nitrogen and oxygen atoms in total. The fourth-order valence-corrected chi connectivity index (χ4v) is 3.97. The van der Waals surface area contributed by atoms with Crippen LogP contribution in [0.5, 0.6) is 5.75 Å². The Balaban J connectivity index is 1.57. The van der Waals surface area contributed by atoms with Crippen LogP contribution in [0, 0.1) is 0 Å². The lowest BCUT2D eigenvalue weighted by atomic mass is 9.97. The van der Waals surface area contributed by atoms with Gasteiger partial charge in [-0.3, -0.25) is 4.79 Å². The molecule has 156 valence electrons. The molecule has 0 radical (unpaired) electrons. The lowest BCUT2D eigenvalue weighted by Crippen LogP contribution is -3.19. The molecule has 29 heavy (non-hydrogen) atoms. The molecule has 0 spiro atoms. The highest BCUT2D eigenvalue weighted by molar-refractivity contribution is 5.94. The summed E-state index contributed by atoms with van der Waals surface area (Å²) in [6.45, 7) is 10.2. The Hall–Kier alpha value is -2.53. The molecular weight excluding hydrogens is 362 g/mol. The average molecular weight is 397 g/mol. The predicted molar refractivity (Wildman–Crippen MR) is 119 cm³/mol. The molecule has 3 rings (SSSR count). The second-order valence-electron chi connectivity index (χ2n) is 7.95. The number of nitrogens with one attached hydrogen (secondary N) is 2. The first-order valence-corrected chi connectivity index (χ1v) is 10.7.